The molecule has 0 aromatic carbocycles. The minimum Gasteiger partial charge on any atom is -0.437 e. The van der Waals surface area contributed by atoms with Gasteiger partial charge in [-0.15, -0.1) is 0 Å². The van der Waals surface area contributed by atoms with E-state index in [4.69, 9.17) is 0 Å². The molecule has 0 unspecified atom stereocenters. The zero-order valence-electron chi connectivity index (χ0n) is 9.05. The Hall–Kier alpha value is -1.08. The van der Waals surface area contributed by atoms with Crippen molar-refractivity contribution >= 4 is 0 Å². The highest BCUT2D eigenvalue weighted by Gasteiger charge is 2.47. The fraction of sp³-hybridized carbons (Fsp3) is 0.700. The minimum atomic E-state index is -4.49. The molecule has 1 spiro atoms. The van der Waals surface area contributed by atoms with Gasteiger partial charge in [-0.25, -0.2) is 4.98 Å². The summed E-state index contributed by atoms with van der Waals surface area (Å²) in [4.78, 5) is 5.31. The molecule has 0 radical (unpaired) electrons. The molecule has 3 rings (SSSR count). The molecular formula is C10H12F3N3O. The second kappa shape index (κ2) is 3.46. The molecule has 0 aliphatic carbocycles. The summed E-state index contributed by atoms with van der Waals surface area (Å²) in [6.45, 7) is 4.26. The van der Waals surface area contributed by atoms with E-state index in [9.17, 15) is 13.2 Å². The summed E-state index contributed by atoms with van der Waals surface area (Å²) in [6, 6.07) is 0. The molecule has 1 N–H and O–H groups in total. The second-order valence-electron chi connectivity index (χ2n) is 4.88. The van der Waals surface area contributed by atoms with E-state index >= 15 is 0 Å². The Morgan fingerprint density at radius 2 is 2.12 bits per heavy atom. The third-order valence-corrected chi connectivity index (χ3v) is 3.29. The van der Waals surface area contributed by atoms with Crippen LogP contribution >= 0.6 is 0 Å². The quantitative estimate of drug-likeness (QED) is 0.849. The van der Waals surface area contributed by atoms with E-state index in [-0.39, 0.29) is 5.76 Å². The first-order chi connectivity index (χ1) is 7.97. The first kappa shape index (κ1) is 11.0. The predicted octanol–water partition coefficient (Wildman–Crippen LogP) is 1.10. The molecule has 7 heteroatoms. The third-order valence-electron chi connectivity index (χ3n) is 3.29. The molecule has 0 atom stereocenters. The van der Waals surface area contributed by atoms with Crippen LogP contribution in [0.2, 0.25) is 0 Å². The van der Waals surface area contributed by atoms with Gasteiger partial charge in [-0.3, -0.25) is 4.90 Å². The highest BCUT2D eigenvalue weighted by Crippen LogP contribution is 2.35. The standard InChI is InChI=1S/C10H12F3N3O/c11-10(12,13)8-15-1-7(17-8)2-16-5-9(6-16)3-14-4-9/h1,14H,2-6H2. The number of hydrogen-bond acceptors (Lipinski definition) is 4. The molecule has 2 aliphatic rings. The van der Waals surface area contributed by atoms with Crippen molar-refractivity contribution in [3.05, 3.63) is 17.8 Å². The van der Waals surface area contributed by atoms with E-state index in [1.165, 1.54) is 0 Å². The SMILES string of the molecule is FC(F)(F)c1ncc(CN2CC3(CNC3)C2)o1. The van der Waals surface area contributed by atoms with Crippen molar-refractivity contribution in [2.24, 2.45) is 5.41 Å². The van der Waals surface area contributed by atoms with Crippen LogP contribution in [-0.2, 0) is 12.7 Å². The molecule has 0 bridgehead atoms. The molecule has 2 fully saturated rings. The van der Waals surface area contributed by atoms with Crippen molar-refractivity contribution in [2.45, 2.75) is 12.7 Å². The van der Waals surface area contributed by atoms with Crippen LogP contribution in [0.25, 0.3) is 0 Å². The van der Waals surface area contributed by atoms with E-state index in [0.29, 0.717) is 12.0 Å². The smallest absolute Gasteiger partial charge is 0.437 e. The van der Waals surface area contributed by atoms with Crippen molar-refractivity contribution in [1.82, 2.24) is 15.2 Å². The van der Waals surface area contributed by atoms with Gasteiger partial charge in [-0.2, -0.15) is 13.2 Å². The van der Waals surface area contributed by atoms with Crippen molar-refractivity contribution in [1.29, 1.82) is 0 Å². The van der Waals surface area contributed by atoms with Gasteiger partial charge in [0.05, 0.1) is 12.7 Å². The maximum absolute atomic E-state index is 12.2. The summed E-state index contributed by atoms with van der Waals surface area (Å²) in [6.07, 6.45) is -3.33. The number of halogens is 3. The summed E-state index contributed by atoms with van der Waals surface area (Å²) in [7, 11) is 0. The van der Waals surface area contributed by atoms with Gasteiger partial charge in [-0.1, -0.05) is 0 Å². The topological polar surface area (TPSA) is 41.3 Å². The average molecular weight is 247 g/mol. The van der Waals surface area contributed by atoms with Crippen molar-refractivity contribution < 1.29 is 17.6 Å². The Morgan fingerprint density at radius 3 is 2.59 bits per heavy atom. The van der Waals surface area contributed by atoms with Crippen LogP contribution in [0, 0.1) is 5.41 Å². The van der Waals surface area contributed by atoms with E-state index in [0.717, 1.165) is 32.4 Å². The molecule has 17 heavy (non-hydrogen) atoms. The molecule has 1 aromatic heterocycles. The Kier molecular flexibility index (Phi) is 2.24. The first-order valence-corrected chi connectivity index (χ1v) is 5.42. The minimum absolute atomic E-state index is 0.277. The monoisotopic (exact) mass is 247 g/mol. The lowest BCUT2D eigenvalue weighted by Gasteiger charge is -2.56. The van der Waals surface area contributed by atoms with Crippen LogP contribution in [0.4, 0.5) is 13.2 Å². The fourth-order valence-corrected chi connectivity index (χ4v) is 2.45. The number of rotatable bonds is 2. The van der Waals surface area contributed by atoms with Gasteiger partial charge in [0.15, 0.2) is 0 Å². The largest absolute Gasteiger partial charge is 0.468 e. The van der Waals surface area contributed by atoms with Gasteiger partial charge in [0, 0.05) is 31.6 Å². The van der Waals surface area contributed by atoms with Crippen LogP contribution in [0.3, 0.4) is 0 Å². The van der Waals surface area contributed by atoms with Gasteiger partial charge in [0.2, 0.25) is 0 Å². The predicted molar refractivity (Wildman–Crippen MR) is 52.1 cm³/mol. The number of oxazole rings is 1. The van der Waals surface area contributed by atoms with Crippen molar-refractivity contribution in [3.63, 3.8) is 0 Å². The zero-order valence-corrected chi connectivity index (χ0v) is 9.05. The Bertz CT molecular complexity index is 417. The van der Waals surface area contributed by atoms with Crippen LogP contribution in [0.5, 0.6) is 0 Å². The number of hydrogen-bond donors (Lipinski definition) is 1. The van der Waals surface area contributed by atoms with Gasteiger partial charge < -0.3 is 9.73 Å². The van der Waals surface area contributed by atoms with E-state index in [1.807, 2.05) is 0 Å². The maximum Gasteiger partial charge on any atom is 0.468 e. The summed E-state index contributed by atoms with van der Waals surface area (Å²) >= 11 is 0. The number of nitrogens with one attached hydrogen (secondary N) is 1. The zero-order chi connectivity index (χ0) is 12.1. The Balaban J connectivity index is 1.57. The van der Waals surface area contributed by atoms with Gasteiger partial charge in [0.1, 0.15) is 5.76 Å². The van der Waals surface area contributed by atoms with Gasteiger partial charge in [-0.05, 0) is 0 Å². The van der Waals surface area contributed by atoms with Crippen molar-refractivity contribution in [3.8, 4) is 0 Å². The molecule has 2 saturated heterocycles. The maximum atomic E-state index is 12.2. The average Bonchev–Trinajstić information content (AvgIpc) is 2.54. The number of likely N-dealkylation sites (tertiary alicyclic amines) is 1. The number of alkyl halides is 3. The van der Waals surface area contributed by atoms with Gasteiger partial charge in [0.25, 0.3) is 0 Å². The molecule has 0 saturated carbocycles. The molecule has 4 nitrogen and oxygen atoms in total. The number of aromatic nitrogens is 1. The molecule has 1 aromatic rings. The van der Waals surface area contributed by atoms with Gasteiger partial charge >= 0.3 is 12.1 Å². The second-order valence-corrected chi connectivity index (χ2v) is 4.88. The first-order valence-electron chi connectivity index (χ1n) is 5.42. The van der Waals surface area contributed by atoms with E-state index < -0.39 is 12.1 Å². The summed E-state index contributed by atoms with van der Waals surface area (Å²) in [5, 5.41) is 3.20. The molecule has 2 aliphatic heterocycles. The number of nitrogens with zero attached hydrogens (tertiary/aromatic N) is 2. The van der Waals surface area contributed by atoms with Crippen LogP contribution < -0.4 is 5.32 Å². The molecule has 94 valence electrons. The highest BCUT2D eigenvalue weighted by molar-refractivity contribution is 5.06. The lowest BCUT2D eigenvalue weighted by Crippen LogP contribution is -2.70. The summed E-state index contributed by atoms with van der Waals surface area (Å²) in [5.41, 5.74) is 0.368. The van der Waals surface area contributed by atoms with Crippen LogP contribution in [-0.4, -0.2) is 36.1 Å². The summed E-state index contributed by atoms with van der Waals surface area (Å²) in [5.74, 6) is -0.882. The lowest BCUT2D eigenvalue weighted by atomic mass is 9.74. The molecule has 3 heterocycles. The fourth-order valence-electron chi connectivity index (χ4n) is 2.45. The Labute approximate surface area is 95.8 Å². The van der Waals surface area contributed by atoms with E-state index in [2.05, 4.69) is 19.6 Å². The van der Waals surface area contributed by atoms with Crippen LogP contribution in [0.15, 0.2) is 10.6 Å². The molecular weight excluding hydrogens is 235 g/mol. The lowest BCUT2D eigenvalue weighted by molar-refractivity contribution is -0.157. The highest BCUT2D eigenvalue weighted by atomic mass is 19.4. The van der Waals surface area contributed by atoms with Crippen molar-refractivity contribution in [2.75, 3.05) is 26.2 Å². The Morgan fingerprint density at radius 1 is 1.41 bits per heavy atom. The molecule has 0 amide bonds. The van der Waals surface area contributed by atoms with E-state index in [1.54, 1.807) is 0 Å². The summed E-state index contributed by atoms with van der Waals surface area (Å²) < 4.78 is 41.4. The normalized spacial score (nSPS) is 23.5. The van der Waals surface area contributed by atoms with Crippen LogP contribution in [0.1, 0.15) is 11.7 Å². The third kappa shape index (κ3) is 1.93.